The Morgan fingerprint density at radius 2 is 2.00 bits per heavy atom. The molecule has 2 rings (SSSR count). The van der Waals surface area contributed by atoms with Crippen LogP contribution in [0.3, 0.4) is 0 Å². The molecule has 1 aromatic rings. The average molecular weight is 345 g/mol. The van der Waals surface area contributed by atoms with Crippen LogP contribution in [0.25, 0.3) is 0 Å². The highest BCUT2D eigenvalue weighted by molar-refractivity contribution is 6.35. The molecule has 2 N–H and O–H groups in total. The summed E-state index contributed by atoms with van der Waals surface area (Å²) in [6, 6.07) is 5.18. The van der Waals surface area contributed by atoms with E-state index in [1.165, 1.54) is 0 Å². The number of carbonyl (C=O) groups is 2. The Bertz CT molecular complexity index is 546. The molecule has 1 unspecified atom stereocenters. The summed E-state index contributed by atoms with van der Waals surface area (Å²) >= 11 is 11.9. The van der Waals surface area contributed by atoms with Crippen LogP contribution in [0.1, 0.15) is 18.4 Å². The second-order valence-corrected chi connectivity index (χ2v) is 5.93. The average Bonchev–Trinajstić information content (AvgIpc) is 3.00. The fraction of sp³-hybridized carbons (Fsp3) is 0.467. The van der Waals surface area contributed by atoms with Gasteiger partial charge in [-0.1, -0.05) is 29.3 Å². The smallest absolute Gasteiger partial charge is 0.309 e. The van der Waals surface area contributed by atoms with Gasteiger partial charge in [0.25, 0.3) is 0 Å². The maximum atomic E-state index is 11.7. The molecule has 0 radical (unpaired) electrons. The zero-order valence-corrected chi connectivity index (χ0v) is 13.5. The standard InChI is InChI=1S/C15H18Cl2N2O3/c16-11-4-3-10(13(17)8-11)5-6-18-14(20)15(21)19-9-12-2-1-7-22-12/h3-4,8,12H,1-2,5-7,9H2,(H,18,20)(H,19,21). The maximum Gasteiger partial charge on any atom is 0.309 e. The molecule has 0 saturated carbocycles. The summed E-state index contributed by atoms with van der Waals surface area (Å²) in [6.45, 7) is 1.41. The van der Waals surface area contributed by atoms with Crippen LogP contribution in [0.4, 0.5) is 0 Å². The van der Waals surface area contributed by atoms with Crippen molar-refractivity contribution in [3.8, 4) is 0 Å². The summed E-state index contributed by atoms with van der Waals surface area (Å²) in [5.74, 6) is -1.29. The SMILES string of the molecule is O=C(NCCc1ccc(Cl)cc1Cl)C(=O)NCC1CCCO1. The van der Waals surface area contributed by atoms with E-state index in [9.17, 15) is 9.59 Å². The molecule has 0 aliphatic carbocycles. The molecule has 5 nitrogen and oxygen atoms in total. The molecule has 0 bridgehead atoms. The Morgan fingerprint density at radius 3 is 2.68 bits per heavy atom. The van der Waals surface area contributed by atoms with Crippen molar-refractivity contribution in [1.82, 2.24) is 10.6 Å². The van der Waals surface area contributed by atoms with Gasteiger partial charge < -0.3 is 15.4 Å². The normalized spacial score (nSPS) is 17.3. The van der Waals surface area contributed by atoms with E-state index in [-0.39, 0.29) is 6.10 Å². The van der Waals surface area contributed by atoms with E-state index >= 15 is 0 Å². The number of nitrogens with one attached hydrogen (secondary N) is 2. The van der Waals surface area contributed by atoms with Crippen LogP contribution in [0.15, 0.2) is 18.2 Å². The minimum Gasteiger partial charge on any atom is -0.376 e. The number of benzene rings is 1. The summed E-state index contributed by atoms with van der Waals surface area (Å²) in [6.07, 6.45) is 2.45. The third kappa shape index (κ3) is 5.16. The summed E-state index contributed by atoms with van der Waals surface area (Å²) in [4.78, 5) is 23.3. The van der Waals surface area contributed by atoms with E-state index in [2.05, 4.69) is 10.6 Å². The second kappa shape index (κ2) is 8.36. The molecule has 1 aliphatic heterocycles. The van der Waals surface area contributed by atoms with Gasteiger partial charge in [-0.25, -0.2) is 0 Å². The Hall–Kier alpha value is -1.30. The predicted molar refractivity (Wildman–Crippen MR) is 85.2 cm³/mol. The van der Waals surface area contributed by atoms with Crippen LogP contribution in [-0.2, 0) is 20.7 Å². The van der Waals surface area contributed by atoms with Gasteiger partial charge in [-0.3, -0.25) is 9.59 Å². The third-order valence-corrected chi connectivity index (χ3v) is 4.00. The second-order valence-electron chi connectivity index (χ2n) is 5.09. The van der Waals surface area contributed by atoms with Gasteiger partial charge in [0, 0.05) is 29.7 Å². The van der Waals surface area contributed by atoms with Crippen molar-refractivity contribution in [3.63, 3.8) is 0 Å². The van der Waals surface area contributed by atoms with Gasteiger partial charge in [-0.2, -0.15) is 0 Å². The minimum absolute atomic E-state index is 0.0182. The van der Waals surface area contributed by atoms with E-state index < -0.39 is 11.8 Å². The van der Waals surface area contributed by atoms with Gasteiger partial charge >= 0.3 is 11.8 Å². The molecule has 1 saturated heterocycles. The quantitative estimate of drug-likeness (QED) is 0.802. The molecule has 1 aromatic carbocycles. The molecule has 7 heteroatoms. The predicted octanol–water partition coefficient (Wildman–Crippen LogP) is 1.95. The lowest BCUT2D eigenvalue weighted by Crippen LogP contribution is -2.43. The fourth-order valence-corrected chi connectivity index (χ4v) is 2.71. The van der Waals surface area contributed by atoms with E-state index in [1.807, 2.05) is 0 Å². The van der Waals surface area contributed by atoms with E-state index in [4.69, 9.17) is 27.9 Å². The van der Waals surface area contributed by atoms with Gasteiger partial charge in [0.05, 0.1) is 6.10 Å². The molecule has 1 fully saturated rings. The molecular formula is C15H18Cl2N2O3. The lowest BCUT2D eigenvalue weighted by Gasteiger charge is -2.11. The summed E-state index contributed by atoms with van der Waals surface area (Å²) in [5.41, 5.74) is 0.867. The number of hydrogen-bond acceptors (Lipinski definition) is 3. The van der Waals surface area contributed by atoms with Crippen molar-refractivity contribution in [1.29, 1.82) is 0 Å². The van der Waals surface area contributed by atoms with Crippen molar-refractivity contribution in [2.24, 2.45) is 0 Å². The molecule has 1 atom stereocenters. The highest BCUT2D eigenvalue weighted by Crippen LogP contribution is 2.21. The van der Waals surface area contributed by atoms with Crippen LogP contribution < -0.4 is 10.6 Å². The maximum absolute atomic E-state index is 11.7. The number of ether oxygens (including phenoxy) is 1. The molecule has 0 spiro atoms. The van der Waals surface area contributed by atoms with Crippen LogP contribution in [-0.4, -0.2) is 37.6 Å². The third-order valence-electron chi connectivity index (χ3n) is 3.42. The van der Waals surface area contributed by atoms with Crippen LogP contribution >= 0.6 is 23.2 Å². The van der Waals surface area contributed by atoms with Gasteiger partial charge in [-0.15, -0.1) is 0 Å². The number of amides is 2. The number of rotatable bonds is 5. The van der Waals surface area contributed by atoms with Crippen molar-refractivity contribution in [2.45, 2.75) is 25.4 Å². The molecule has 22 heavy (non-hydrogen) atoms. The van der Waals surface area contributed by atoms with E-state index in [1.54, 1.807) is 18.2 Å². The van der Waals surface area contributed by atoms with Crippen molar-refractivity contribution in [2.75, 3.05) is 19.7 Å². The Labute approximate surface area is 139 Å². The number of carbonyl (C=O) groups excluding carboxylic acids is 2. The van der Waals surface area contributed by atoms with E-state index in [0.717, 1.165) is 18.4 Å². The van der Waals surface area contributed by atoms with E-state index in [0.29, 0.717) is 36.2 Å². The molecular weight excluding hydrogens is 327 g/mol. The summed E-state index contributed by atoms with van der Waals surface area (Å²) < 4.78 is 5.37. The van der Waals surface area contributed by atoms with Crippen LogP contribution in [0.5, 0.6) is 0 Å². The molecule has 1 heterocycles. The highest BCUT2D eigenvalue weighted by atomic mass is 35.5. The Kier molecular flexibility index (Phi) is 6.49. The van der Waals surface area contributed by atoms with Crippen LogP contribution in [0.2, 0.25) is 10.0 Å². The number of halogens is 2. The van der Waals surface area contributed by atoms with Gasteiger partial charge in [-0.05, 0) is 37.0 Å². The summed E-state index contributed by atoms with van der Waals surface area (Å²) in [5, 5.41) is 6.24. The first-order valence-corrected chi connectivity index (χ1v) is 7.93. The zero-order chi connectivity index (χ0) is 15.9. The van der Waals surface area contributed by atoms with Crippen LogP contribution in [0, 0.1) is 0 Å². The van der Waals surface area contributed by atoms with Crippen molar-refractivity contribution in [3.05, 3.63) is 33.8 Å². The fourth-order valence-electron chi connectivity index (χ4n) is 2.21. The Morgan fingerprint density at radius 1 is 1.23 bits per heavy atom. The highest BCUT2D eigenvalue weighted by Gasteiger charge is 2.19. The molecule has 1 aliphatic rings. The minimum atomic E-state index is -0.650. The first kappa shape index (κ1) is 17.1. The monoisotopic (exact) mass is 344 g/mol. The Balaban J connectivity index is 1.69. The molecule has 120 valence electrons. The lowest BCUT2D eigenvalue weighted by molar-refractivity contribution is -0.139. The topological polar surface area (TPSA) is 67.4 Å². The zero-order valence-electron chi connectivity index (χ0n) is 12.0. The lowest BCUT2D eigenvalue weighted by atomic mass is 10.1. The van der Waals surface area contributed by atoms with Crippen molar-refractivity contribution < 1.29 is 14.3 Å². The van der Waals surface area contributed by atoms with Gasteiger partial charge in [0.15, 0.2) is 0 Å². The molecule has 2 amide bonds. The first-order chi connectivity index (χ1) is 10.6. The van der Waals surface area contributed by atoms with Gasteiger partial charge in [0.1, 0.15) is 0 Å². The first-order valence-electron chi connectivity index (χ1n) is 7.18. The van der Waals surface area contributed by atoms with Gasteiger partial charge in [0.2, 0.25) is 0 Å². The largest absolute Gasteiger partial charge is 0.376 e. The summed E-state index contributed by atoms with van der Waals surface area (Å²) in [7, 11) is 0. The number of hydrogen-bond donors (Lipinski definition) is 2. The molecule has 0 aromatic heterocycles. The van der Waals surface area contributed by atoms with Crippen molar-refractivity contribution >= 4 is 35.0 Å².